The lowest BCUT2D eigenvalue weighted by atomic mass is 10.1. The van der Waals surface area contributed by atoms with E-state index in [9.17, 15) is 4.79 Å². The second-order valence-electron chi connectivity index (χ2n) is 4.05. The van der Waals surface area contributed by atoms with Crippen LogP contribution in [0.2, 0.25) is 0 Å². The Morgan fingerprint density at radius 2 is 1.83 bits per heavy atom. The van der Waals surface area contributed by atoms with Gasteiger partial charge in [-0.05, 0) is 18.2 Å². The second kappa shape index (κ2) is 4.00. The highest BCUT2D eigenvalue weighted by Gasteiger charge is 2.10. The summed E-state index contributed by atoms with van der Waals surface area (Å²) in [5.41, 5.74) is 8.40. The van der Waals surface area contributed by atoms with E-state index in [1.807, 2.05) is 18.2 Å². The molecule has 3 N–H and O–H groups in total. The number of imidazole rings is 1. The van der Waals surface area contributed by atoms with E-state index in [0.717, 1.165) is 11.0 Å². The maximum atomic E-state index is 12.2. The van der Waals surface area contributed by atoms with Crippen LogP contribution in [0.1, 0.15) is 15.9 Å². The standard InChI is InChI=1S/C14H11N3O/c15-14-16-11-7-6-10(8-12(11)17-14)13(18)9-4-2-1-3-5-9/h1-8H,(H3,15,16,17)/i1+1,2+1,3+1,4+1,5+1,9+1. The molecule has 0 amide bonds. The second-order valence-corrected chi connectivity index (χ2v) is 4.05. The van der Waals surface area contributed by atoms with Gasteiger partial charge < -0.3 is 10.7 Å². The van der Waals surface area contributed by atoms with Crippen LogP contribution >= 0.6 is 0 Å². The fourth-order valence-corrected chi connectivity index (χ4v) is 1.93. The maximum Gasteiger partial charge on any atom is 0.198 e. The van der Waals surface area contributed by atoms with Gasteiger partial charge in [0.1, 0.15) is 0 Å². The van der Waals surface area contributed by atoms with Crippen molar-refractivity contribution < 1.29 is 4.79 Å². The average Bonchev–Trinajstić information content (AvgIpc) is 2.78. The van der Waals surface area contributed by atoms with Crippen molar-refractivity contribution in [3.05, 3.63) is 59.7 Å². The number of anilines is 1. The average molecular weight is 243 g/mol. The van der Waals surface area contributed by atoms with Gasteiger partial charge in [0.15, 0.2) is 11.7 Å². The fraction of sp³-hybridized carbons (Fsp3) is 0. The number of carbonyl (C=O) groups excluding carboxylic acids is 1. The number of nitrogens with one attached hydrogen (secondary N) is 1. The molecular formula is C14H11N3O. The Bertz CT molecular complexity index is 716. The first-order chi connectivity index (χ1) is 8.74. The molecule has 0 saturated heterocycles. The predicted octanol–water partition coefficient (Wildman–Crippen LogP) is 2.38. The largest absolute Gasteiger partial charge is 0.369 e. The van der Waals surface area contributed by atoms with E-state index in [4.69, 9.17) is 5.73 Å². The van der Waals surface area contributed by atoms with E-state index in [-0.39, 0.29) is 5.78 Å². The number of rotatable bonds is 2. The molecule has 4 nitrogen and oxygen atoms in total. The number of ketones is 1. The lowest BCUT2D eigenvalue weighted by Crippen LogP contribution is -2.00. The van der Waals surface area contributed by atoms with Crippen molar-refractivity contribution in [2.45, 2.75) is 0 Å². The number of aromatic nitrogens is 2. The molecule has 1 heterocycles. The summed E-state index contributed by atoms with van der Waals surface area (Å²) in [5, 5.41) is 0. The maximum absolute atomic E-state index is 12.2. The molecule has 0 aliphatic heterocycles. The number of aromatic amines is 1. The summed E-state index contributed by atoms with van der Waals surface area (Å²) in [6, 6.07) is 14.5. The van der Waals surface area contributed by atoms with E-state index in [0.29, 0.717) is 17.1 Å². The summed E-state index contributed by atoms with van der Waals surface area (Å²) in [6.45, 7) is 0. The van der Waals surface area contributed by atoms with E-state index in [1.54, 1.807) is 30.3 Å². The molecule has 2 aromatic carbocycles. The summed E-state index contributed by atoms with van der Waals surface area (Å²) < 4.78 is 0. The third-order valence-electron chi connectivity index (χ3n) is 2.80. The molecule has 0 spiro atoms. The van der Waals surface area contributed by atoms with Crippen LogP contribution in [0.3, 0.4) is 0 Å². The quantitative estimate of drug-likeness (QED) is 0.679. The highest BCUT2D eigenvalue weighted by molar-refractivity contribution is 6.10. The van der Waals surface area contributed by atoms with Crippen molar-refractivity contribution >= 4 is 22.8 Å². The van der Waals surface area contributed by atoms with Gasteiger partial charge in [-0.3, -0.25) is 4.79 Å². The van der Waals surface area contributed by atoms with Crippen LogP contribution in [0.15, 0.2) is 48.5 Å². The summed E-state index contributed by atoms with van der Waals surface area (Å²) in [7, 11) is 0. The first kappa shape index (κ1) is 10.5. The lowest BCUT2D eigenvalue weighted by Gasteiger charge is -2.00. The number of hydrogen-bond donors (Lipinski definition) is 2. The molecule has 0 radical (unpaired) electrons. The molecule has 1 aromatic heterocycles. The first-order valence-electron chi connectivity index (χ1n) is 5.59. The fourth-order valence-electron chi connectivity index (χ4n) is 1.93. The smallest absolute Gasteiger partial charge is 0.198 e. The summed E-state index contributed by atoms with van der Waals surface area (Å²) in [5.74, 6) is 0.347. The third-order valence-corrected chi connectivity index (χ3v) is 2.80. The minimum absolute atomic E-state index is 0.00864. The number of carbonyl (C=O) groups is 1. The van der Waals surface area contributed by atoms with Crippen LogP contribution in [0.5, 0.6) is 0 Å². The number of nitrogens with two attached hydrogens (primary N) is 1. The number of nitrogen functional groups attached to an aromatic ring is 1. The van der Waals surface area contributed by atoms with Crippen LogP contribution in [-0.2, 0) is 0 Å². The zero-order valence-corrected chi connectivity index (χ0v) is 9.55. The Balaban J connectivity index is 2.06. The van der Waals surface area contributed by atoms with Crippen molar-refractivity contribution in [1.29, 1.82) is 0 Å². The van der Waals surface area contributed by atoms with Gasteiger partial charge in [-0.2, -0.15) is 0 Å². The molecule has 0 aliphatic rings. The minimum Gasteiger partial charge on any atom is -0.369 e. The van der Waals surface area contributed by atoms with Gasteiger partial charge in [0.05, 0.1) is 11.0 Å². The Hall–Kier alpha value is -2.62. The van der Waals surface area contributed by atoms with Crippen LogP contribution < -0.4 is 5.73 Å². The van der Waals surface area contributed by atoms with Crippen molar-refractivity contribution in [3.8, 4) is 0 Å². The van der Waals surface area contributed by atoms with Crippen molar-refractivity contribution in [2.24, 2.45) is 0 Å². The minimum atomic E-state index is -0.00864. The number of H-pyrrole nitrogens is 1. The van der Waals surface area contributed by atoms with E-state index >= 15 is 0 Å². The Kier molecular flexibility index (Phi) is 2.34. The lowest BCUT2D eigenvalue weighted by molar-refractivity contribution is 0.103. The summed E-state index contributed by atoms with van der Waals surface area (Å²) in [4.78, 5) is 19.2. The third kappa shape index (κ3) is 1.73. The number of nitrogens with zero attached hydrogens (tertiary/aromatic N) is 1. The topological polar surface area (TPSA) is 71.8 Å². The summed E-state index contributed by atoms with van der Waals surface area (Å²) >= 11 is 0. The molecule has 88 valence electrons. The molecular weight excluding hydrogens is 232 g/mol. The number of fused-ring (bicyclic) bond motifs is 1. The van der Waals surface area contributed by atoms with Crippen LogP contribution in [0.25, 0.3) is 11.0 Å². The molecule has 0 atom stereocenters. The van der Waals surface area contributed by atoms with Gasteiger partial charge in [0, 0.05) is 11.1 Å². The van der Waals surface area contributed by atoms with Gasteiger partial charge in [-0.25, -0.2) is 4.98 Å². The van der Waals surface area contributed by atoms with E-state index < -0.39 is 0 Å². The van der Waals surface area contributed by atoms with Crippen LogP contribution in [-0.4, -0.2) is 15.8 Å². The van der Waals surface area contributed by atoms with Gasteiger partial charge >= 0.3 is 0 Å². The molecule has 0 aliphatic carbocycles. The zero-order chi connectivity index (χ0) is 12.5. The molecule has 3 rings (SSSR count). The molecule has 18 heavy (non-hydrogen) atoms. The highest BCUT2D eigenvalue weighted by Crippen LogP contribution is 2.17. The van der Waals surface area contributed by atoms with Crippen molar-refractivity contribution in [2.75, 3.05) is 5.73 Å². The van der Waals surface area contributed by atoms with Gasteiger partial charge in [0.25, 0.3) is 0 Å². The van der Waals surface area contributed by atoms with E-state index in [1.165, 1.54) is 0 Å². The van der Waals surface area contributed by atoms with Crippen molar-refractivity contribution in [1.82, 2.24) is 9.97 Å². The highest BCUT2D eigenvalue weighted by atomic mass is 16.1. The number of benzene rings is 2. The molecule has 0 bridgehead atoms. The monoisotopic (exact) mass is 243 g/mol. The van der Waals surface area contributed by atoms with Crippen LogP contribution in [0, 0.1) is 0 Å². The van der Waals surface area contributed by atoms with Crippen molar-refractivity contribution in [3.63, 3.8) is 0 Å². The predicted molar refractivity (Wildman–Crippen MR) is 70.4 cm³/mol. The zero-order valence-electron chi connectivity index (χ0n) is 9.55. The van der Waals surface area contributed by atoms with Gasteiger partial charge in [-0.1, -0.05) is 30.3 Å². The summed E-state index contributed by atoms with van der Waals surface area (Å²) in [6.07, 6.45) is 0. The molecule has 4 heteroatoms. The Morgan fingerprint density at radius 1 is 1.06 bits per heavy atom. The Labute approximate surface area is 103 Å². The molecule has 0 saturated carbocycles. The molecule has 3 aromatic rings. The first-order valence-corrected chi connectivity index (χ1v) is 5.59. The normalized spacial score (nSPS) is 10.7. The van der Waals surface area contributed by atoms with Gasteiger partial charge in [0.2, 0.25) is 0 Å². The number of hydrogen-bond acceptors (Lipinski definition) is 3. The van der Waals surface area contributed by atoms with Crippen LogP contribution in [0.4, 0.5) is 5.95 Å². The molecule has 0 fully saturated rings. The SMILES string of the molecule is Nc1nc2ccc(C(=O)[13c]3[13cH][13cH][13cH][13cH][13cH]3)cc2[nH]1. The van der Waals surface area contributed by atoms with E-state index in [2.05, 4.69) is 9.97 Å². The van der Waals surface area contributed by atoms with Gasteiger partial charge in [-0.15, -0.1) is 0 Å². The Morgan fingerprint density at radius 3 is 2.61 bits per heavy atom. The molecule has 0 unspecified atom stereocenters.